The number of rotatable bonds is 5. The standard InChI is InChI=1S/C24H31IN2O5/c28-22-21(23(29)32-24(31-22)9-1-2-10-24)25-19-7-5-18(6-8-19)16-26-11-13-27(14-12-26)17-20-4-3-15-30-20/h5-8,20H,1-4,9-17H2/t20-/m0/s1. The van der Waals surface area contributed by atoms with Crippen LogP contribution in [-0.2, 0) is 30.3 Å². The zero-order chi connectivity index (χ0) is 22.0. The highest BCUT2D eigenvalue weighted by Crippen LogP contribution is 2.37. The summed E-state index contributed by atoms with van der Waals surface area (Å²) in [5.41, 5.74) is 1.26. The summed E-state index contributed by atoms with van der Waals surface area (Å²) in [5, 5.41) is 0. The fourth-order valence-electron chi connectivity index (χ4n) is 4.95. The summed E-state index contributed by atoms with van der Waals surface area (Å²) in [5.74, 6) is -1.93. The first-order valence-corrected chi connectivity index (χ1v) is 13.9. The number of hydrogen-bond donors (Lipinski definition) is 0. The van der Waals surface area contributed by atoms with E-state index < -0.39 is 38.5 Å². The van der Waals surface area contributed by atoms with Crippen molar-refractivity contribution in [2.75, 3.05) is 39.3 Å². The third-order valence-corrected chi connectivity index (χ3v) is 9.52. The number of carbonyl (C=O) groups is 2. The fraction of sp³-hybridized carbons (Fsp3) is 0.625. The number of nitrogens with zero attached hydrogens (tertiary/aromatic N) is 2. The van der Waals surface area contributed by atoms with E-state index in [0.717, 1.165) is 62.3 Å². The lowest BCUT2D eigenvalue weighted by molar-refractivity contribution is -0.224. The lowest BCUT2D eigenvalue weighted by atomic mass is 10.2. The van der Waals surface area contributed by atoms with Gasteiger partial charge in [-0.25, -0.2) is 9.59 Å². The second kappa shape index (κ2) is 9.87. The van der Waals surface area contributed by atoms with Crippen LogP contribution < -0.4 is 0 Å². The van der Waals surface area contributed by atoms with Gasteiger partial charge in [0.15, 0.2) is 3.51 Å². The Bertz CT molecular complexity index is 845. The van der Waals surface area contributed by atoms with Crippen molar-refractivity contribution >= 4 is 36.2 Å². The van der Waals surface area contributed by atoms with Crippen LogP contribution in [0.15, 0.2) is 24.3 Å². The first-order chi connectivity index (χ1) is 15.6. The summed E-state index contributed by atoms with van der Waals surface area (Å²) in [6.07, 6.45) is 5.92. The van der Waals surface area contributed by atoms with Crippen molar-refractivity contribution in [1.82, 2.24) is 9.80 Å². The molecule has 3 heterocycles. The highest BCUT2D eigenvalue weighted by molar-refractivity contribution is 14.2. The minimum absolute atomic E-state index is 0.205. The summed E-state index contributed by atoms with van der Waals surface area (Å²) in [7, 11) is 0. The summed E-state index contributed by atoms with van der Waals surface area (Å²) < 4.78 is 18.1. The Morgan fingerprint density at radius 3 is 2.19 bits per heavy atom. The van der Waals surface area contributed by atoms with Crippen LogP contribution in [0.4, 0.5) is 0 Å². The minimum atomic E-state index is -0.987. The van der Waals surface area contributed by atoms with E-state index in [1.54, 1.807) is 0 Å². The normalized spacial score (nSPS) is 26.5. The fourth-order valence-corrected chi connectivity index (χ4v) is 6.96. The molecule has 0 amide bonds. The van der Waals surface area contributed by atoms with Gasteiger partial charge in [0.05, 0.1) is 6.10 Å². The highest BCUT2D eigenvalue weighted by Gasteiger charge is 2.48. The molecule has 0 bridgehead atoms. The molecule has 1 aliphatic carbocycles. The van der Waals surface area contributed by atoms with Crippen molar-refractivity contribution in [2.24, 2.45) is 0 Å². The molecule has 0 radical (unpaired) electrons. The molecule has 1 spiro atoms. The molecular formula is C24H31IN2O5. The second-order valence-electron chi connectivity index (χ2n) is 9.14. The van der Waals surface area contributed by atoms with Gasteiger partial charge < -0.3 is 14.2 Å². The number of benzene rings is 1. The van der Waals surface area contributed by atoms with Crippen molar-refractivity contribution in [2.45, 2.75) is 57.0 Å². The molecule has 1 saturated carbocycles. The van der Waals surface area contributed by atoms with Crippen molar-refractivity contribution in [3.05, 3.63) is 33.4 Å². The van der Waals surface area contributed by atoms with Gasteiger partial charge in [-0.2, -0.15) is 0 Å². The molecule has 174 valence electrons. The predicted octanol–water partition coefficient (Wildman–Crippen LogP) is 2.67. The maximum absolute atomic E-state index is 12.5. The lowest BCUT2D eigenvalue weighted by Gasteiger charge is -2.35. The second-order valence-corrected chi connectivity index (χ2v) is 12.0. The molecule has 5 rings (SSSR count). The van der Waals surface area contributed by atoms with Crippen LogP contribution in [-0.4, -0.2) is 76.5 Å². The molecular weight excluding hydrogens is 523 g/mol. The van der Waals surface area contributed by atoms with Gasteiger partial charge in [0, 0.05) is 62.3 Å². The van der Waals surface area contributed by atoms with E-state index in [1.165, 1.54) is 18.4 Å². The molecule has 0 aromatic heterocycles. The third kappa shape index (κ3) is 5.24. The summed E-state index contributed by atoms with van der Waals surface area (Å²) in [6, 6.07) is 8.33. The van der Waals surface area contributed by atoms with Crippen LogP contribution in [0.2, 0.25) is 0 Å². The van der Waals surface area contributed by atoms with Gasteiger partial charge in [-0.15, -0.1) is 0 Å². The SMILES string of the molecule is O=C1OC2(CCCC2)OC(=O)C1=Ic1ccc(CN2CCN(C[C@@H]3CCCO3)CC2)cc1. The minimum Gasteiger partial charge on any atom is -0.418 e. The molecule has 3 aliphatic heterocycles. The molecule has 0 unspecified atom stereocenters. The molecule has 7 nitrogen and oxygen atoms in total. The van der Waals surface area contributed by atoms with Crippen LogP contribution in [0, 0.1) is 3.57 Å². The first kappa shape index (κ1) is 22.4. The molecule has 4 aliphatic rings. The van der Waals surface area contributed by atoms with Gasteiger partial charge in [0.2, 0.25) is 0 Å². The Labute approximate surface area is 199 Å². The Hall–Kier alpha value is -1.36. The summed E-state index contributed by atoms with van der Waals surface area (Å²) in [6.45, 7) is 7.23. The smallest absolute Gasteiger partial charge is 0.354 e. The van der Waals surface area contributed by atoms with E-state index in [0.29, 0.717) is 18.9 Å². The Morgan fingerprint density at radius 2 is 1.56 bits per heavy atom. The average Bonchev–Trinajstić information content (AvgIpc) is 3.46. The maximum atomic E-state index is 12.5. The van der Waals surface area contributed by atoms with Crippen LogP contribution in [0.3, 0.4) is 0 Å². The Morgan fingerprint density at radius 1 is 0.906 bits per heavy atom. The zero-order valence-electron chi connectivity index (χ0n) is 18.4. The number of esters is 2. The molecule has 1 atom stereocenters. The molecule has 1 aromatic rings. The molecule has 4 fully saturated rings. The molecule has 3 saturated heterocycles. The maximum Gasteiger partial charge on any atom is 0.354 e. The third-order valence-electron chi connectivity index (χ3n) is 6.75. The van der Waals surface area contributed by atoms with Crippen molar-refractivity contribution in [3.63, 3.8) is 0 Å². The quantitative estimate of drug-likeness (QED) is 0.410. The van der Waals surface area contributed by atoms with E-state index in [1.807, 2.05) is 12.1 Å². The molecule has 8 heteroatoms. The van der Waals surface area contributed by atoms with E-state index in [9.17, 15) is 9.59 Å². The number of piperazine rings is 1. The number of hydrogen-bond acceptors (Lipinski definition) is 7. The summed E-state index contributed by atoms with van der Waals surface area (Å²) >= 11 is -0.919. The van der Waals surface area contributed by atoms with Gasteiger partial charge in [0.25, 0.3) is 5.79 Å². The van der Waals surface area contributed by atoms with Gasteiger partial charge in [-0.1, -0.05) is 32.9 Å². The molecule has 0 N–H and O–H groups in total. The van der Waals surface area contributed by atoms with E-state index in [2.05, 4.69) is 21.9 Å². The molecule has 1 aromatic carbocycles. The van der Waals surface area contributed by atoms with E-state index >= 15 is 0 Å². The van der Waals surface area contributed by atoms with Crippen molar-refractivity contribution in [3.8, 4) is 0 Å². The zero-order valence-corrected chi connectivity index (χ0v) is 20.6. The largest absolute Gasteiger partial charge is 0.418 e. The predicted molar refractivity (Wildman–Crippen MR) is 128 cm³/mol. The number of halogens is 1. The average molecular weight is 554 g/mol. The van der Waals surface area contributed by atoms with Gasteiger partial charge >= 0.3 is 11.9 Å². The van der Waals surface area contributed by atoms with Crippen LogP contribution in [0.5, 0.6) is 0 Å². The summed E-state index contributed by atoms with van der Waals surface area (Å²) in [4.78, 5) is 30.0. The van der Waals surface area contributed by atoms with Crippen LogP contribution in [0.1, 0.15) is 44.1 Å². The van der Waals surface area contributed by atoms with Crippen LogP contribution in [0.25, 0.3) is 0 Å². The van der Waals surface area contributed by atoms with Crippen LogP contribution >= 0.6 is 20.7 Å². The lowest BCUT2D eigenvalue weighted by Crippen LogP contribution is -2.48. The van der Waals surface area contributed by atoms with Crippen molar-refractivity contribution in [1.29, 1.82) is 0 Å². The van der Waals surface area contributed by atoms with Crippen molar-refractivity contribution < 1.29 is 23.8 Å². The van der Waals surface area contributed by atoms with Gasteiger partial charge in [-0.3, -0.25) is 9.80 Å². The highest BCUT2D eigenvalue weighted by atomic mass is 127. The van der Waals surface area contributed by atoms with Gasteiger partial charge in [-0.05, 0) is 43.4 Å². The molecule has 32 heavy (non-hydrogen) atoms. The Kier molecular flexibility index (Phi) is 6.92. The van der Waals surface area contributed by atoms with Gasteiger partial charge in [0.1, 0.15) is 0 Å². The van der Waals surface area contributed by atoms with E-state index in [4.69, 9.17) is 14.2 Å². The topological polar surface area (TPSA) is 68.3 Å². The first-order valence-electron chi connectivity index (χ1n) is 11.7. The number of ether oxygens (including phenoxy) is 3. The number of carbonyl (C=O) groups excluding carboxylic acids is 2. The monoisotopic (exact) mass is 554 g/mol. The van der Waals surface area contributed by atoms with E-state index in [-0.39, 0.29) is 3.51 Å². The Balaban J connectivity index is 1.14.